The highest BCUT2D eigenvalue weighted by atomic mass is 35.5. The number of piperidine rings is 1. The normalized spacial score (nSPS) is 14.7. The van der Waals surface area contributed by atoms with Gasteiger partial charge < -0.3 is 19.6 Å². The number of benzene rings is 1. The van der Waals surface area contributed by atoms with Gasteiger partial charge in [-0.2, -0.15) is 0 Å². The van der Waals surface area contributed by atoms with Crippen molar-refractivity contribution >= 4 is 29.4 Å². The van der Waals surface area contributed by atoms with Gasteiger partial charge in [0, 0.05) is 25.7 Å². The summed E-state index contributed by atoms with van der Waals surface area (Å²) in [7, 11) is 1.58. The predicted molar refractivity (Wildman–Crippen MR) is 101 cm³/mol. The minimum absolute atomic E-state index is 0.0406. The molecule has 27 heavy (non-hydrogen) atoms. The number of carboxylic acids is 1. The minimum Gasteiger partial charge on any atom is -0.492 e. The lowest BCUT2D eigenvalue weighted by Gasteiger charge is -2.31. The molecule has 1 aromatic rings. The molecule has 1 saturated heterocycles. The van der Waals surface area contributed by atoms with Crippen molar-refractivity contribution in [3.8, 4) is 5.75 Å². The monoisotopic (exact) mass is 396 g/mol. The maximum Gasteiger partial charge on any atom is 0.306 e. The van der Waals surface area contributed by atoms with Crippen LogP contribution in [0.2, 0.25) is 5.02 Å². The third kappa shape index (κ3) is 5.60. The Hall–Kier alpha value is -2.28. The fourth-order valence-electron chi connectivity index (χ4n) is 3.06. The van der Waals surface area contributed by atoms with Crippen LogP contribution < -0.4 is 4.74 Å². The highest BCUT2D eigenvalue weighted by Gasteiger charge is 2.28. The van der Waals surface area contributed by atoms with Gasteiger partial charge in [0.25, 0.3) is 0 Å². The van der Waals surface area contributed by atoms with Crippen molar-refractivity contribution in [2.45, 2.75) is 26.2 Å². The molecule has 1 N–H and O–H groups in total. The average molecular weight is 397 g/mol. The first kappa shape index (κ1) is 21.0. The second-order valence-corrected chi connectivity index (χ2v) is 6.99. The molecule has 1 heterocycles. The number of halogens is 1. The minimum atomic E-state index is -0.819. The standard InChI is InChI=1S/C19H25ClN2O5/c1-3-27-18-14(5-4-6-15(18)20)11-16(23)21(2)12-17(24)22-9-7-13(8-10-22)19(25)26/h4-6,13H,3,7-12H2,1-2H3,(H,25,26). The van der Waals surface area contributed by atoms with Gasteiger partial charge in [-0.3, -0.25) is 14.4 Å². The van der Waals surface area contributed by atoms with Crippen LogP contribution in [0.1, 0.15) is 25.3 Å². The van der Waals surface area contributed by atoms with Crippen LogP contribution >= 0.6 is 11.6 Å². The van der Waals surface area contributed by atoms with Crippen LogP contribution in [0.15, 0.2) is 18.2 Å². The van der Waals surface area contributed by atoms with Crippen LogP contribution in [-0.4, -0.2) is 66.0 Å². The van der Waals surface area contributed by atoms with Gasteiger partial charge in [0.05, 0.1) is 30.5 Å². The number of ether oxygens (including phenoxy) is 1. The van der Waals surface area contributed by atoms with Gasteiger partial charge >= 0.3 is 5.97 Å². The Kier molecular flexibility index (Phi) is 7.47. The van der Waals surface area contributed by atoms with Crippen molar-refractivity contribution in [2.24, 2.45) is 5.92 Å². The van der Waals surface area contributed by atoms with Crippen molar-refractivity contribution in [2.75, 3.05) is 33.3 Å². The Bertz CT molecular complexity index is 701. The Morgan fingerprint density at radius 1 is 1.30 bits per heavy atom. The number of likely N-dealkylation sites (tertiary alicyclic amines) is 1. The molecule has 0 bridgehead atoms. The summed E-state index contributed by atoms with van der Waals surface area (Å²) in [6.07, 6.45) is 0.971. The summed E-state index contributed by atoms with van der Waals surface area (Å²) in [6, 6.07) is 5.24. The van der Waals surface area contributed by atoms with Gasteiger partial charge in [-0.05, 0) is 25.8 Å². The topological polar surface area (TPSA) is 87.2 Å². The molecule has 2 rings (SSSR count). The van der Waals surface area contributed by atoms with Crippen LogP contribution in [0, 0.1) is 5.92 Å². The zero-order chi connectivity index (χ0) is 20.0. The van der Waals surface area contributed by atoms with E-state index < -0.39 is 11.9 Å². The van der Waals surface area contributed by atoms with E-state index in [9.17, 15) is 14.4 Å². The molecule has 8 heteroatoms. The number of carbonyl (C=O) groups is 3. The highest BCUT2D eigenvalue weighted by molar-refractivity contribution is 6.32. The fourth-order valence-corrected chi connectivity index (χ4v) is 3.31. The van der Waals surface area contributed by atoms with Crippen LogP contribution in [-0.2, 0) is 20.8 Å². The fraction of sp³-hybridized carbons (Fsp3) is 0.526. The molecule has 1 aromatic carbocycles. The lowest BCUT2D eigenvalue weighted by Crippen LogP contribution is -2.45. The van der Waals surface area contributed by atoms with E-state index in [0.29, 0.717) is 48.9 Å². The van der Waals surface area contributed by atoms with Crippen molar-refractivity contribution in [1.82, 2.24) is 9.80 Å². The number of para-hydroxylation sites is 1. The summed E-state index contributed by atoms with van der Waals surface area (Å²) in [5.74, 6) is -1.11. The van der Waals surface area contributed by atoms with Gasteiger partial charge in [-0.1, -0.05) is 23.7 Å². The average Bonchev–Trinajstić information content (AvgIpc) is 2.64. The van der Waals surface area contributed by atoms with E-state index in [1.807, 2.05) is 6.92 Å². The van der Waals surface area contributed by atoms with Crippen LogP contribution in [0.5, 0.6) is 5.75 Å². The third-order valence-corrected chi connectivity index (χ3v) is 4.97. The zero-order valence-electron chi connectivity index (χ0n) is 15.6. The van der Waals surface area contributed by atoms with Gasteiger partial charge in [0.1, 0.15) is 5.75 Å². The number of likely N-dealkylation sites (N-methyl/N-ethyl adjacent to an activating group) is 1. The largest absolute Gasteiger partial charge is 0.492 e. The molecule has 148 valence electrons. The van der Waals surface area contributed by atoms with Crippen molar-refractivity contribution in [3.05, 3.63) is 28.8 Å². The number of carboxylic acid groups (broad SMARTS) is 1. The second-order valence-electron chi connectivity index (χ2n) is 6.58. The lowest BCUT2D eigenvalue weighted by atomic mass is 9.97. The van der Waals surface area contributed by atoms with Gasteiger partial charge in [-0.25, -0.2) is 0 Å². The van der Waals surface area contributed by atoms with Crippen molar-refractivity contribution in [3.63, 3.8) is 0 Å². The summed E-state index contributed by atoms with van der Waals surface area (Å²) in [6.45, 7) is 3.04. The lowest BCUT2D eigenvalue weighted by molar-refractivity contribution is -0.146. The molecule has 0 radical (unpaired) electrons. The van der Waals surface area contributed by atoms with E-state index in [-0.39, 0.29) is 24.8 Å². The Morgan fingerprint density at radius 3 is 2.56 bits per heavy atom. The summed E-state index contributed by atoms with van der Waals surface area (Å²) >= 11 is 6.14. The Morgan fingerprint density at radius 2 is 1.96 bits per heavy atom. The molecule has 0 spiro atoms. The van der Waals surface area contributed by atoms with E-state index in [1.165, 1.54) is 4.90 Å². The van der Waals surface area contributed by atoms with E-state index in [4.69, 9.17) is 21.4 Å². The first-order chi connectivity index (χ1) is 12.8. The van der Waals surface area contributed by atoms with E-state index in [1.54, 1.807) is 30.1 Å². The van der Waals surface area contributed by atoms with Crippen LogP contribution in [0.4, 0.5) is 0 Å². The number of hydrogen-bond acceptors (Lipinski definition) is 4. The number of aliphatic carboxylic acids is 1. The number of rotatable bonds is 7. The molecular weight excluding hydrogens is 372 g/mol. The first-order valence-corrected chi connectivity index (χ1v) is 9.36. The van der Waals surface area contributed by atoms with Crippen molar-refractivity contribution in [1.29, 1.82) is 0 Å². The van der Waals surface area contributed by atoms with Gasteiger partial charge in [0.2, 0.25) is 11.8 Å². The summed E-state index contributed by atoms with van der Waals surface area (Å²) in [5, 5.41) is 9.47. The Balaban J connectivity index is 1.92. The molecule has 0 aromatic heterocycles. The quantitative estimate of drug-likeness (QED) is 0.762. The molecule has 2 amide bonds. The van der Waals surface area contributed by atoms with E-state index in [0.717, 1.165) is 0 Å². The van der Waals surface area contributed by atoms with E-state index in [2.05, 4.69) is 0 Å². The van der Waals surface area contributed by atoms with Crippen LogP contribution in [0.25, 0.3) is 0 Å². The molecule has 1 aliphatic rings. The predicted octanol–water partition coefficient (Wildman–Crippen LogP) is 2.06. The molecule has 0 atom stereocenters. The third-order valence-electron chi connectivity index (χ3n) is 4.67. The zero-order valence-corrected chi connectivity index (χ0v) is 16.4. The molecule has 1 aliphatic heterocycles. The molecule has 0 aliphatic carbocycles. The summed E-state index contributed by atoms with van der Waals surface area (Å²) in [4.78, 5) is 38.9. The number of amides is 2. The molecule has 1 fully saturated rings. The van der Waals surface area contributed by atoms with Gasteiger partial charge in [0.15, 0.2) is 0 Å². The smallest absolute Gasteiger partial charge is 0.306 e. The maximum atomic E-state index is 12.5. The van der Waals surface area contributed by atoms with E-state index >= 15 is 0 Å². The van der Waals surface area contributed by atoms with Gasteiger partial charge in [-0.15, -0.1) is 0 Å². The van der Waals surface area contributed by atoms with Crippen LogP contribution in [0.3, 0.4) is 0 Å². The second kappa shape index (κ2) is 9.60. The van der Waals surface area contributed by atoms with Crippen molar-refractivity contribution < 1.29 is 24.2 Å². The molecular formula is C19H25ClN2O5. The summed E-state index contributed by atoms with van der Waals surface area (Å²) in [5.41, 5.74) is 0.677. The SMILES string of the molecule is CCOc1c(Cl)cccc1CC(=O)N(C)CC(=O)N1CCC(C(=O)O)CC1. The first-order valence-electron chi connectivity index (χ1n) is 8.98. The number of nitrogens with zero attached hydrogens (tertiary/aromatic N) is 2. The Labute approximate surface area is 163 Å². The summed E-state index contributed by atoms with van der Waals surface area (Å²) < 4.78 is 5.53. The molecule has 0 unspecified atom stereocenters. The highest BCUT2D eigenvalue weighted by Crippen LogP contribution is 2.29. The molecule has 7 nitrogen and oxygen atoms in total. The maximum absolute atomic E-state index is 12.5. The molecule has 0 saturated carbocycles. The number of hydrogen-bond donors (Lipinski definition) is 1. The number of carbonyl (C=O) groups excluding carboxylic acids is 2.